The predicted octanol–water partition coefficient (Wildman–Crippen LogP) is 15.5. The van der Waals surface area contributed by atoms with Crippen molar-refractivity contribution in [3.63, 3.8) is 0 Å². The van der Waals surface area contributed by atoms with Gasteiger partial charge in [0.25, 0.3) is 0 Å². The zero-order chi connectivity index (χ0) is 69.9. The van der Waals surface area contributed by atoms with E-state index in [0.29, 0.717) is 88.6 Å². The third-order valence-corrected chi connectivity index (χ3v) is 13.3. The smallest absolute Gasteiger partial charge is 0.229 e. The number of aromatic nitrogens is 23. The molecule has 0 atom stereocenters. The van der Waals surface area contributed by atoms with Gasteiger partial charge in [-0.1, -0.05) is 182 Å². The molecule has 0 saturated carbocycles. The van der Waals surface area contributed by atoms with Gasteiger partial charge in [-0.25, -0.2) is 9.97 Å². The van der Waals surface area contributed by atoms with E-state index in [4.69, 9.17) is 13.5 Å². The van der Waals surface area contributed by atoms with Gasteiger partial charge >= 0.3 is 0 Å². The molecule has 9 aromatic rings. The van der Waals surface area contributed by atoms with E-state index in [1.807, 2.05) is 131 Å². The van der Waals surface area contributed by atoms with Crippen LogP contribution in [0.4, 0.5) is 0 Å². The lowest BCUT2D eigenvalue weighted by molar-refractivity contribution is 0.362. The number of hydrogen-bond acceptors (Lipinski definition) is 28. The Kier molecular flexibility index (Phi) is 45.7. The summed E-state index contributed by atoms with van der Waals surface area (Å²) in [6.45, 7) is 60.7. The second kappa shape index (κ2) is 48.5. The van der Waals surface area contributed by atoms with Crippen molar-refractivity contribution in [1.29, 1.82) is 0 Å². The Morgan fingerprint density at radius 3 is 1.30 bits per heavy atom. The molecule has 510 valence electrons. The maximum atomic E-state index is 5.12. The number of hydrogen-bond donors (Lipinski definition) is 2. The minimum Gasteiger partial charge on any atom is -0.425 e. The molecule has 10 rings (SSSR count). The van der Waals surface area contributed by atoms with Crippen molar-refractivity contribution in [1.82, 2.24) is 116 Å². The van der Waals surface area contributed by atoms with Crippen LogP contribution in [-0.2, 0) is 7.05 Å². The average molecular weight is 1320 g/mol. The van der Waals surface area contributed by atoms with Crippen LogP contribution in [-0.4, -0.2) is 128 Å². The second-order valence-electron chi connectivity index (χ2n) is 22.5. The molecule has 0 aliphatic carbocycles. The van der Waals surface area contributed by atoms with Crippen LogP contribution in [0.2, 0.25) is 0 Å². The maximum Gasteiger partial charge on any atom is 0.229 e. The van der Waals surface area contributed by atoms with Gasteiger partial charge in [0, 0.05) is 79.5 Å². The minimum absolute atomic E-state index is 0.339. The van der Waals surface area contributed by atoms with Crippen molar-refractivity contribution >= 4 is 46.3 Å². The van der Waals surface area contributed by atoms with Gasteiger partial charge < -0.3 is 13.5 Å². The van der Waals surface area contributed by atoms with Crippen molar-refractivity contribution in [2.45, 2.75) is 267 Å². The fourth-order valence-corrected chi connectivity index (χ4v) is 7.32. The molecule has 91 heavy (non-hydrogen) atoms. The Morgan fingerprint density at radius 1 is 0.473 bits per heavy atom. The normalized spacial score (nSPS) is 10.9. The summed E-state index contributed by atoms with van der Waals surface area (Å²) < 4.78 is 23.0. The number of aryl methyl sites for hydroxylation is 7. The quantitative estimate of drug-likeness (QED) is 0.128. The Balaban J connectivity index is 0. The lowest BCUT2D eigenvalue weighted by atomic mass is 10.1. The van der Waals surface area contributed by atoms with Crippen molar-refractivity contribution in [2.75, 3.05) is 0 Å². The van der Waals surface area contributed by atoms with E-state index >= 15 is 0 Å². The van der Waals surface area contributed by atoms with Crippen LogP contribution in [0.1, 0.15) is 310 Å². The Labute approximate surface area is 553 Å². The van der Waals surface area contributed by atoms with E-state index in [-0.39, 0.29) is 0 Å². The van der Waals surface area contributed by atoms with Gasteiger partial charge in [0.2, 0.25) is 23.6 Å². The zero-order valence-electron chi connectivity index (χ0n) is 60.4. The molecule has 1 aliphatic heterocycles. The predicted molar refractivity (Wildman–Crippen MR) is 365 cm³/mol. The van der Waals surface area contributed by atoms with Crippen molar-refractivity contribution < 1.29 is 13.5 Å². The lowest BCUT2D eigenvalue weighted by Crippen LogP contribution is -2.03. The number of H-pyrrole nitrogens is 2. The fourth-order valence-electron chi connectivity index (χ4n) is 5.36. The molecule has 31 heteroatoms. The summed E-state index contributed by atoms with van der Waals surface area (Å²) in [6, 6.07) is 0. The van der Waals surface area contributed by atoms with Crippen LogP contribution in [0.5, 0.6) is 0 Å². The van der Waals surface area contributed by atoms with Crippen LogP contribution < -0.4 is 0 Å². The standard InChI is InChI=1S/3C6H10N2O.3C6H10N2S.C6H10N2.C5H10N4.C5H9N3.C4H8N4.2C2H6/c1-4(2)6-8-7-5(3)9-6;1-4(2)6-7-5(3)9-8-6;1-4(2)6-7-5(3)8-9-6;1-4(2)6-8-7-5(3)9-6;1-4(2)6-7-5(3)9-8-6;1-4(2)6-7-5(3)8-9-6;1-5(2)6-3-4-7-8-6;1-4(2)5-6-8-9(3)7-5;1-4(2)5-3-6-8-7-5;1-3(2)4-5-7-8-6-4;2*1-2/h6*4H,1-3H3;4-5H,3H2,1-2H3;4H,1-3H3;3-4H,1-2H3,(H,6,7,8);3H,1-2H3,(H,5,6,7,8);2*1-2H3. The molecule has 0 aromatic carbocycles. The third-order valence-electron chi connectivity index (χ3n) is 10.4. The molecule has 0 bridgehead atoms. The minimum atomic E-state index is 0.339. The molecule has 0 amide bonds. The zero-order valence-corrected chi connectivity index (χ0v) is 62.8. The monoisotopic (exact) mass is 1320 g/mol. The molecular weight excluding hydrogens is 1220 g/mol. The summed E-state index contributed by atoms with van der Waals surface area (Å²) in [5.74, 6) is 12.0. The Morgan fingerprint density at radius 2 is 1.08 bits per heavy atom. The molecule has 2 N–H and O–H groups in total. The summed E-state index contributed by atoms with van der Waals surface area (Å²) in [4.78, 5) is 18.0. The van der Waals surface area contributed by atoms with Gasteiger partial charge in [-0.2, -0.15) is 54.3 Å². The highest BCUT2D eigenvalue weighted by molar-refractivity contribution is 7.11. The summed E-state index contributed by atoms with van der Waals surface area (Å²) in [6.07, 6.45) is 4.54. The van der Waals surface area contributed by atoms with Crippen LogP contribution in [0.3, 0.4) is 0 Å². The first kappa shape index (κ1) is 85.8. The lowest BCUT2D eigenvalue weighted by Gasteiger charge is -1.98. The van der Waals surface area contributed by atoms with E-state index in [2.05, 4.69) is 190 Å². The highest BCUT2D eigenvalue weighted by atomic mass is 32.1. The van der Waals surface area contributed by atoms with Gasteiger partial charge in [0.15, 0.2) is 23.3 Å². The van der Waals surface area contributed by atoms with E-state index in [9.17, 15) is 0 Å². The van der Waals surface area contributed by atoms with Gasteiger partial charge in [0.1, 0.15) is 31.7 Å². The number of tetrazole rings is 2. The second-order valence-corrected chi connectivity index (χ2v) is 25.4. The molecule has 10 heterocycles. The molecule has 9 aromatic heterocycles. The highest BCUT2D eigenvalue weighted by Gasteiger charge is 2.10. The average Bonchev–Trinajstić information content (AvgIpc) is 4.55. The maximum absolute atomic E-state index is 5.12. The number of nitrogens with zero attached hydrogens (tertiary/aromatic N) is 23. The number of rotatable bonds is 10. The number of nitrogens with one attached hydrogen (secondary N) is 2. The first-order chi connectivity index (χ1) is 42.8. The van der Waals surface area contributed by atoms with Crippen LogP contribution in [0, 0.1) is 47.5 Å². The molecule has 0 fully saturated rings. The molecule has 0 saturated heterocycles. The fraction of sp³-hybridized carbons (Fsp3) is 0.700. The van der Waals surface area contributed by atoms with Crippen molar-refractivity contribution in [3.8, 4) is 0 Å². The van der Waals surface area contributed by atoms with E-state index in [1.54, 1.807) is 38.4 Å². The summed E-state index contributed by atoms with van der Waals surface area (Å²) >= 11 is 4.64. The van der Waals surface area contributed by atoms with Gasteiger partial charge in [-0.15, -0.1) is 52.1 Å². The topological polar surface area (TPSA) is 358 Å². The summed E-state index contributed by atoms with van der Waals surface area (Å²) in [5, 5.41) is 69.8. The van der Waals surface area contributed by atoms with E-state index in [0.717, 1.165) is 61.3 Å². The van der Waals surface area contributed by atoms with Crippen LogP contribution >= 0.6 is 34.4 Å². The first-order valence-corrected chi connectivity index (χ1v) is 33.4. The van der Waals surface area contributed by atoms with E-state index < -0.39 is 0 Å². The molecule has 0 unspecified atom stereocenters. The van der Waals surface area contributed by atoms with Crippen molar-refractivity contribution in [3.05, 3.63) is 90.4 Å². The Hall–Kier alpha value is -7.28. The molecular formula is C60H109N25O3S3. The van der Waals surface area contributed by atoms with Crippen molar-refractivity contribution in [2.24, 2.45) is 23.2 Å². The summed E-state index contributed by atoms with van der Waals surface area (Å²) in [5.41, 5.74) is 2.22. The Bertz CT molecular complexity index is 2700. The SMILES string of the molecule is CC.CC.CC(C)C1=NN=CC1.CC(C)c1cn[nH]n1.CC(C)c1nn[nH]n1.CC(C)c1nnn(C)n1.Cc1nc(C(C)C)no1.Cc1nc(C(C)C)ns1.Cc1nnc(C(C)C)o1.Cc1nnc(C(C)C)s1.Cc1noc(C(C)C)n1.Cc1nsc(C(C)C)n1. The number of aromatic amines is 2. The van der Waals surface area contributed by atoms with Gasteiger partial charge in [-0.3, -0.25) is 0 Å². The molecule has 0 spiro atoms. The van der Waals surface area contributed by atoms with Gasteiger partial charge in [0.05, 0.1) is 18.9 Å². The molecule has 0 radical (unpaired) electrons. The third kappa shape index (κ3) is 39.6. The van der Waals surface area contributed by atoms with Crippen LogP contribution in [0.15, 0.2) is 29.9 Å². The molecule has 28 nitrogen and oxygen atoms in total. The summed E-state index contributed by atoms with van der Waals surface area (Å²) in [7, 11) is 1.76. The van der Waals surface area contributed by atoms with Crippen LogP contribution in [0.25, 0.3) is 0 Å². The molecule has 1 aliphatic rings. The van der Waals surface area contributed by atoms with Gasteiger partial charge in [-0.05, 0) is 67.8 Å². The first-order valence-electron chi connectivity index (χ1n) is 31.0. The van der Waals surface area contributed by atoms with E-state index in [1.165, 1.54) is 33.6 Å². The highest BCUT2D eigenvalue weighted by Crippen LogP contribution is 2.18. The largest absolute Gasteiger partial charge is 0.425 e.